The van der Waals surface area contributed by atoms with Crippen molar-refractivity contribution in [2.75, 3.05) is 5.32 Å². The summed E-state index contributed by atoms with van der Waals surface area (Å²) in [5.74, 6) is 0.677. The Kier molecular flexibility index (Phi) is 4.60. The molecule has 1 amide bonds. The summed E-state index contributed by atoms with van der Waals surface area (Å²) in [5, 5.41) is 6.53. The fraction of sp³-hybridized carbons (Fsp3) is 0.611. The molecule has 0 aliphatic heterocycles. The highest BCUT2D eigenvalue weighted by atomic mass is 16.1. The molecule has 0 radical (unpaired) electrons. The number of anilines is 1. The van der Waals surface area contributed by atoms with Gasteiger partial charge in [0.1, 0.15) is 0 Å². The second kappa shape index (κ2) is 6.08. The molecule has 1 saturated carbocycles. The van der Waals surface area contributed by atoms with Crippen LogP contribution >= 0.6 is 0 Å². The first kappa shape index (κ1) is 15.9. The maximum Gasteiger partial charge on any atom is 0.251 e. The molecule has 2 unspecified atom stereocenters. The zero-order valence-electron chi connectivity index (χ0n) is 13.9. The molecule has 2 rings (SSSR count). The summed E-state index contributed by atoms with van der Waals surface area (Å²) in [5.41, 5.74) is 2.24. The lowest BCUT2D eigenvalue weighted by atomic mass is 9.91. The zero-order valence-corrected chi connectivity index (χ0v) is 13.9. The van der Waals surface area contributed by atoms with Gasteiger partial charge in [-0.3, -0.25) is 4.79 Å². The molecule has 2 N–H and O–H groups in total. The van der Waals surface area contributed by atoms with Crippen LogP contribution in [0, 0.1) is 11.3 Å². The van der Waals surface area contributed by atoms with Crippen molar-refractivity contribution in [2.24, 2.45) is 11.3 Å². The van der Waals surface area contributed by atoms with E-state index in [1.165, 1.54) is 12.8 Å². The van der Waals surface area contributed by atoms with Crippen LogP contribution in [0.25, 0.3) is 0 Å². The number of carbonyl (C=O) groups is 1. The highest BCUT2D eigenvalue weighted by Crippen LogP contribution is 2.42. The first-order valence-corrected chi connectivity index (χ1v) is 7.94. The Morgan fingerprint density at radius 1 is 1.19 bits per heavy atom. The van der Waals surface area contributed by atoms with E-state index in [0.29, 0.717) is 22.9 Å². The zero-order chi connectivity index (χ0) is 15.6. The smallest absolute Gasteiger partial charge is 0.251 e. The largest absolute Gasteiger partial charge is 0.382 e. The van der Waals surface area contributed by atoms with Gasteiger partial charge in [0.05, 0.1) is 0 Å². The van der Waals surface area contributed by atoms with Crippen LogP contribution in [0.2, 0.25) is 0 Å². The minimum atomic E-state index is -0.00748. The van der Waals surface area contributed by atoms with Gasteiger partial charge in [0, 0.05) is 23.3 Å². The van der Waals surface area contributed by atoms with Crippen LogP contribution < -0.4 is 10.6 Å². The summed E-state index contributed by atoms with van der Waals surface area (Å²) in [4.78, 5) is 11.9. The van der Waals surface area contributed by atoms with Gasteiger partial charge in [-0.15, -0.1) is 0 Å². The quantitative estimate of drug-likeness (QED) is 0.877. The fourth-order valence-electron chi connectivity index (χ4n) is 3.36. The molecule has 1 aliphatic rings. The summed E-state index contributed by atoms with van der Waals surface area (Å²) in [6, 6.07) is 8.49. The topological polar surface area (TPSA) is 41.1 Å². The molecule has 21 heavy (non-hydrogen) atoms. The molecular formula is C18H28N2O. The van der Waals surface area contributed by atoms with E-state index in [9.17, 15) is 4.79 Å². The van der Waals surface area contributed by atoms with E-state index in [2.05, 4.69) is 31.4 Å². The maximum atomic E-state index is 11.9. The molecule has 0 saturated heterocycles. The van der Waals surface area contributed by atoms with E-state index >= 15 is 0 Å². The molecule has 1 fully saturated rings. The Morgan fingerprint density at radius 2 is 1.81 bits per heavy atom. The van der Waals surface area contributed by atoms with Crippen LogP contribution in [-0.4, -0.2) is 18.0 Å². The molecule has 1 aromatic rings. The third kappa shape index (κ3) is 4.23. The number of hydrogen-bond donors (Lipinski definition) is 2. The maximum absolute atomic E-state index is 11.9. The molecule has 0 heterocycles. The van der Waals surface area contributed by atoms with E-state index in [1.807, 2.05) is 38.1 Å². The molecule has 1 aromatic carbocycles. The van der Waals surface area contributed by atoms with Crippen molar-refractivity contribution >= 4 is 11.6 Å². The van der Waals surface area contributed by atoms with E-state index in [4.69, 9.17) is 0 Å². The van der Waals surface area contributed by atoms with E-state index < -0.39 is 0 Å². The number of nitrogens with one attached hydrogen (secondary N) is 2. The number of rotatable bonds is 4. The molecule has 2 atom stereocenters. The van der Waals surface area contributed by atoms with Crippen LogP contribution in [0.5, 0.6) is 0 Å². The van der Waals surface area contributed by atoms with Gasteiger partial charge in [-0.1, -0.05) is 20.8 Å². The van der Waals surface area contributed by atoms with Gasteiger partial charge in [-0.25, -0.2) is 0 Å². The van der Waals surface area contributed by atoms with Crippen molar-refractivity contribution in [1.29, 1.82) is 0 Å². The Hall–Kier alpha value is -1.51. The number of amides is 1. The number of carbonyl (C=O) groups excluding carboxylic acids is 1. The fourth-order valence-corrected chi connectivity index (χ4v) is 3.36. The Morgan fingerprint density at radius 3 is 2.29 bits per heavy atom. The van der Waals surface area contributed by atoms with Crippen LogP contribution in [0.1, 0.15) is 57.8 Å². The summed E-state index contributed by atoms with van der Waals surface area (Å²) >= 11 is 0. The minimum absolute atomic E-state index is 0.00748. The lowest BCUT2D eigenvalue weighted by Crippen LogP contribution is -2.30. The Bertz CT molecular complexity index is 490. The first-order chi connectivity index (χ1) is 9.77. The molecule has 1 aliphatic carbocycles. The van der Waals surface area contributed by atoms with Crippen LogP contribution in [0.4, 0.5) is 5.69 Å². The van der Waals surface area contributed by atoms with Gasteiger partial charge >= 0.3 is 0 Å². The van der Waals surface area contributed by atoms with Gasteiger partial charge < -0.3 is 10.6 Å². The SMILES string of the molecule is CC(C)NC(=O)c1ccc(NC2CC(C)(C)CC2C)cc1. The van der Waals surface area contributed by atoms with E-state index in [1.54, 1.807) is 0 Å². The van der Waals surface area contributed by atoms with Gasteiger partial charge in [0.2, 0.25) is 0 Å². The molecule has 0 aromatic heterocycles. The third-order valence-electron chi connectivity index (χ3n) is 4.25. The molecule has 0 spiro atoms. The highest BCUT2D eigenvalue weighted by molar-refractivity contribution is 5.94. The second-order valence-corrected chi connectivity index (χ2v) is 7.51. The summed E-state index contributed by atoms with van der Waals surface area (Å²) < 4.78 is 0. The normalized spacial score (nSPS) is 24.1. The van der Waals surface area contributed by atoms with Gasteiger partial charge in [0.15, 0.2) is 0 Å². The average Bonchev–Trinajstić information content (AvgIpc) is 2.62. The minimum Gasteiger partial charge on any atom is -0.382 e. The van der Waals surface area contributed by atoms with E-state index in [0.717, 1.165) is 5.69 Å². The predicted octanol–water partition coefficient (Wildman–Crippen LogP) is 4.06. The van der Waals surface area contributed by atoms with Crippen LogP contribution in [0.3, 0.4) is 0 Å². The number of hydrogen-bond acceptors (Lipinski definition) is 2. The van der Waals surface area contributed by atoms with E-state index in [-0.39, 0.29) is 11.9 Å². The Labute approximate surface area is 128 Å². The van der Waals surface area contributed by atoms with Crippen molar-refractivity contribution < 1.29 is 4.79 Å². The summed E-state index contributed by atoms with van der Waals surface area (Å²) in [6.07, 6.45) is 2.46. The van der Waals surface area contributed by atoms with Crippen LogP contribution in [0.15, 0.2) is 24.3 Å². The molecule has 116 valence electrons. The standard InChI is InChI=1S/C18H28N2O/c1-12(2)19-17(21)14-6-8-15(9-7-14)20-16-11-18(4,5)10-13(16)3/h6-9,12-13,16,20H,10-11H2,1-5H3,(H,19,21). The van der Waals surface area contributed by atoms with Crippen molar-refractivity contribution in [2.45, 2.75) is 59.5 Å². The van der Waals surface area contributed by atoms with Gasteiger partial charge in [-0.2, -0.15) is 0 Å². The lowest BCUT2D eigenvalue weighted by Gasteiger charge is -2.20. The predicted molar refractivity (Wildman–Crippen MR) is 88.6 cm³/mol. The molecule has 0 bridgehead atoms. The lowest BCUT2D eigenvalue weighted by molar-refractivity contribution is 0.0943. The average molecular weight is 288 g/mol. The summed E-state index contributed by atoms with van der Waals surface area (Å²) in [6.45, 7) is 10.9. The first-order valence-electron chi connectivity index (χ1n) is 7.94. The Balaban J connectivity index is 1.98. The van der Waals surface area contributed by atoms with Gasteiger partial charge in [0.25, 0.3) is 5.91 Å². The highest BCUT2D eigenvalue weighted by Gasteiger charge is 2.36. The monoisotopic (exact) mass is 288 g/mol. The molecule has 3 heteroatoms. The third-order valence-corrected chi connectivity index (χ3v) is 4.25. The molecule has 3 nitrogen and oxygen atoms in total. The van der Waals surface area contributed by atoms with Crippen molar-refractivity contribution in [3.63, 3.8) is 0 Å². The molecular weight excluding hydrogens is 260 g/mol. The van der Waals surface area contributed by atoms with Gasteiger partial charge in [-0.05, 0) is 62.3 Å². The summed E-state index contributed by atoms with van der Waals surface area (Å²) in [7, 11) is 0. The van der Waals surface area contributed by atoms with Crippen molar-refractivity contribution in [3.05, 3.63) is 29.8 Å². The number of benzene rings is 1. The van der Waals surface area contributed by atoms with Crippen molar-refractivity contribution in [3.8, 4) is 0 Å². The second-order valence-electron chi connectivity index (χ2n) is 7.51. The van der Waals surface area contributed by atoms with Crippen molar-refractivity contribution in [1.82, 2.24) is 5.32 Å². The van der Waals surface area contributed by atoms with Crippen LogP contribution in [-0.2, 0) is 0 Å².